The zero-order valence-corrected chi connectivity index (χ0v) is 8.87. The Morgan fingerprint density at radius 1 is 1.38 bits per heavy atom. The van der Waals surface area contributed by atoms with Gasteiger partial charge < -0.3 is 14.2 Å². The molecule has 0 aliphatic heterocycles. The molecule has 1 aromatic heterocycles. The van der Waals surface area contributed by atoms with Crippen LogP contribution < -0.4 is 0 Å². The van der Waals surface area contributed by atoms with Crippen molar-refractivity contribution >= 4 is 6.09 Å². The Kier molecular flexibility index (Phi) is 5.72. The molecule has 0 radical (unpaired) electrons. The van der Waals surface area contributed by atoms with Crippen molar-refractivity contribution in [1.29, 1.82) is 0 Å². The Morgan fingerprint density at radius 2 is 2.19 bits per heavy atom. The zero-order chi connectivity index (χ0) is 11.6. The molecule has 6 heteroatoms. The number of rotatable bonds is 7. The van der Waals surface area contributed by atoms with Gasteiger partial charge in [-0.15, -0.1) is 0 Å². The van der Waals surface area contributed by atoms with E-state index in [0.717, 1.165) is 0 Å². The molecule has 1 heterocycles. The van der Waals surface area contributed by atoms with Crippen molar-refractivity contribution in [1.82, 2.24) is 9.55 Å². The Morgan fingerprint density at radius 3 is 2.88 bits per heavy atom. The fourth-order valence-corrected chi connectivity index (χ4v) is 0.922. The van der Waals surface area contributed by atoms with Gasteiger partial charge in [-0.2, -0.15) is 0 Å². The van der Waals surface area contributed by atoms with Crippen LogP contribution in [-0.2, 0) is 14.2 Å². The lowest BCUT2D eigenvalue weighted by molar-refractivity contribution is 0.0504. The monoisotopic (exact) mass is 226 g/mol. The van der Waals surface area contributed by atoms with E-state index in [9.17, 15) is 4.79 Å². The highest BCUT2D eigenvalue weighted by Crippen LogP contribution is 1.90. The Hall–Kier alpha value is -1.82. The number of ether oxygens (including phenoxy) is 3. The summed E-state index contributed by atoms with van der Waals surface area (Å²) in [5.41, 5.74) is 0. The number of carbonyl (C=O) groups is 1. The van der Waals surface area contributed by atoms with E-state index in [1.807, 2.05) is 0 Å². The molecule has 0 saturated carbocycles. The highest BCUT2D eigenvalue weighted by atomic mass is 16.6. The first-order valence-electron chi connectivity index (χ1n) is 4.80. The quantitative estimate of drug-likeness (QED) is 0.513. The summed E-state index contributed by atoms with van der Waals surface area (Å²) >= 11 is 0. The molecule has 0 saturated heterocycles. The minimum Gasteiger partial charge on any atom is -0.499 e. The molecule has 0 spiro atoms. The maximum atomic E-state index is 11.2. The molecule has 0 N–H and O–H groups in total. The van der Waals surface area contributed by atoms with Crippen molar-refractivity contribution < 1.29 is 19.0 Å². The van der Waals surface area contributed by atoms with Crippen LogP contribution in [0.4, 0.5) is 4.79 Å². The second-order valence-corrected chi connectivity index (χ2v) is 2.73. The van der Waals surface area contributed by atoms with Gasteiger partial charge in [0.05, 0.1) is 19.5 Å². The predicted molar refractivity (Wildman–Crippen MR) is 55.9 cm³/mol. The van der Waals surface area contributed by atoms with Crippen LogP contribution in [0, 0.1) is 0 Å². The molecule has 0 amide bonds. The predicted octanol–water partition coefficient (Wildman–Crippen LogP) is 1.04. The third-order valence-electron chi connectivity index (χ3n) is 1.63. The molecule has 0 aliphatic carbocycles. The third kappa shape index (κ3) is 4.61. The van der Waals surface area contributed by atoms with Crippen molar-refractivity contribution in [3.63, 3.8) is 0 Å². The topological polar surface area (TPSA) is 62.6 Å². The maximum Gasteiger partial charge on any atom is 0.419 e. The molecule has 1 rings (SSSR count). The van der Waals surface area contributed by atoms with Crippen molar-refractivity contribution in [3.8, 4) is 0 Å². The van der Waals surface area contributed by atoms with E-state index in [4.69, 9.17) is 14.2 Å². The summed E-state index contributed by atoms with van der Waals surface area (Å²) in [6, 6.07) is 0. The molecule has 88 valence electrons. The van der Waals surface area contributed by atoms with Gasteiger partial charge in [0, 0.05) is 12.4 Å². The van der Waals surface area contributed by atoms with Crippen molar-refractivity contribution in [2.45, 2.75) is 0 Å². The van der Waals surface area contributed by atoms with Crippen LogP contribution in [-0.4, -0.2) is 42.1 Å². The summed E-state index contributed by atoms with van der Waals surface area (Å²) in [6.45, 7) is 4.81. The lowest BCUT2D eigenvalue weighted by atomic mass is 10.7. The summed E-state index contributed by atoms with van der Waals surface area (Å²) in [5.74, 6) is 0. The smallest absolute Gasteiger partial charge is 0.419 e. The molecule has 0 aliphatic rings. The van der Waals surface area contributed by atoms with Gasteiger partial charge in [-0.3, -0.25) is 0 Å². The minimum atomic E-state index is -0.469. The van der Waals surface area contributed by atoms with Gasteiger partial charge in [-0.1, -0.05) is 6.58 Å². The first kappa shape index (κ1) is 12.3. The van der Waals surface area contributed by atoms with Crippen LogP contribution in [0.15, 0.2) is 31.6 Å². The number of aromatic nitrogens is 2. The molecule has 0 fully saturated rings. The van der Waals surface area contributed by atoms with Gasteiger partial charge in [-0.05, 0) is 0 Å². The molecule has 0 unspecified atom stereocenters. The van der Waals surface area contributed by atoms with Gasteiger partial charge in [0.25, 0.3) is 0 Å². The first-order valence-corrected chi connectivity index (χ1v) is 4.80. The fourth-order valence-electron chi connectivity index (χ4n) is 0.922. The molecule has 0 bridgehead atoms. The van der Waals surface area contributed by atoms with Crippen molar-refractivity contribution in [3.05, 3.63) is 31.6 Å². The van der Waals surface area contributed by atoms with Gasteiger partial charge in [0.1, 0.15) is 19.5 Å². The maximum absolute atomic E-state index is 11.2. The van der Waals surface area contributed by atoms with E-state index in [0.29, 0.717) is 19.8 Å². The van der Waals surface area contributed by atoms with Gasteiger partial charge in [-0.25, -0.2) is 14.3 Å². The van der Waals surface area contributed by atoms with Crippen LogP contribution in [0.25, 0.3) is 0 Å². The standard InChI is InChI=1S/C10H14N2O4/c1-2-14-5-6-15-7-8-16-10(13)12-4-3-11-9-12/h2-4,9H,1,5-8H2. The second-order valence-electron chi connectivity index (χ2n) is 2.73. The SMILES string of the molecule is C=COCCOCCOC(=O)n1ccnc1. The molecule has 1 aromatic rings. The van der Waals surface area contributed by atoms with E-state index >= 15 is 0 Å². The number of hydrogen-bond acceptors (Lipinski definition) is 5. The molecule has 0 aromatic carbocycles. The van der Waals surface area contributed by atoms with E-state index in [2.05, 4.69) is 11.6 Å². The molecular weight excluding hydrogens is 212 g/mol. The lowest BCUT2D eigenvalue weighted by Crippen LogP contribution is -2.16. The molecule has 6 nitrogen and oxygen atoms in total. The van der Waals surface area contributed by atoms with E-state index in [1.54, 1.807) is 0 Å². The van der Waals surface area contributed by atoms with E-state index < -0.39 is 6.09 Å². The van der Waals surface area contributed by atoms with E-state index in [1.165, 1.54) is 29.6 Å². The largest absolute Gasteiger partial charge is 0.499 e. The fraction of sp³-hybridized carbons (Fsp3) is 0.400. The van der Waals surface area contributed by atoms with Gasteiger partial charge in [0.2, 0.25) is 0 Å². The zero-order valence-electron chi connectivity index (χ0n) is 8.87. The van der Waals surface area contributed by atoms with Crippen LogP contribution in [0.1, 0.15) is 0 Å². The highest BCUT2D eigenvalue weighted by molar-refractivity contribution is 5.69. The summed E-state index contributed by atoms with van der Waals surface area (Å²) in [6.07, 6.45) is 5.28. The number of imidazole rings is 1. The van der Waals surface area contributed by atoms with Gasteiger partial charge in [0.15, 0.2) is 0 Å². The lowest BCUT2D eigenvalue weighted by Gasteiger charge is -2.05. The highest BCUT2D eigenvalue weighted by Gasteiger charge is 2.03. The number of carbonyl (C=O) groups excluding carboxylic acids is 1. The van der Waals surface area contributed by atoms with Crippen molar-refractivity contribution in [2.75, 3.05) is 26.4 Å². The third-order valence-corrected chi connectivity index (χ3v) is 1.63. The Bertz CT molecular complexity index is 311. The summed E-state index contributed by atoms with van der Waals surface area (Å²) in [5, 5.41) is 0. The Labute approximate surface area is 93.4 Å². The van der Waals surface area contributed by atoms with Crippen LogP contribution in [0.2, 0.25) is 0 Å². The molecular formula is C10H14N2O4. The number of nitrogens with zero attached hydrogens (tertiary/aromatic N) is 2. The molecule has 0 atom stereocenters. The van der Waals surface area contributed by atoms with Crippen LogP contribution in [0.3, 0.4) is 0 Å². The Balaban J connectivity index is 1.99. The van der Waals surface area contributed by atoms with Crippen molar-refractivity contribution in [2.24, 2.45) is 0 Å². The summed E-state index contributed by atoms with van der Waals surface area (Å²) in [7, 11) is 0. The minimum absolute atomic E-state index is 0.200. The summed E-state index contributed by atoms with van der Waals surface area (Å²) in [4.78, 5) is 15.0. The second kappa shape index (κ2) is 7.47. The average molecular weight is 226 g/mol. The summed E-state index contributed by atoms with van der Waals surface area (Å²) < 4.78 is 16.1. The first-order chi connectivity index (χ1) is 7.84. The number of hydrogen-bond donors (Lipinski definition) is 0. The average Bonchev–Trinajstić information content (AvgIpc) is 2.81. The van der Waals surface area contributed by atoms with Crippen LogP contribution in [0.5, 0.6) is 0 Å². The van der Waals surface area contributed by atoms with E-state index in [-0.39, 0.29) is 6.61 Å². The van der Waals surface area contributed by atoms with Gasteiger partial charge >= 0.3 is 6.09 Å². The van der Waals surface area contributed by atoms with Crippen LogP contribution >= 0.6 is 0 Å². The molecule has 16 heavy (non-hydrogen) atoms. The normalized spacial score (nSPS) is 9.75.